The topological polar surface area (TPSA) is 90.7 Å². The van der Waals surface area contributed by atoms with Gasteiger partial charge in [-0.2, -0.15) is 0 Å². The van der Waals surface area contributed by atoms with Crippen LogP contribution in [0.5, 0.6) is 0 Å². The Bertz CT molecular complexity index is 539. The molecule has 1 fully saturated rings. The zero-order valence-corrected chi connectivity index (χ0v) is 10.3. The summed E-state index contributed by atoms with van der Waals surface area (Å²) in [5.74, 6) is -2.74. The number of aromatic nitrogens is 1. The van der Waals surface area contributed by atoms with E-state index in [-0.39, 0.29) is 23.7 Å². The number of carbonyl (C=O) groups is 2. The smallest absolute Gasteiger partial charge is 0.326 e. The van der Waals surface area contributed by atoms with Crippen molar-refractivity contribution in [1.29, 1.82) is 0 Å². The number of β-amino-alcohol motifs (C(OH)–C–C–N with tert-alkyl or cyclic N) is 1. The van der Waals surface area contributed by atoms with E-state index in [0.717, 1.165) is 17.2 Å². The van der Waals surface area contributed by atoms with Crippen molar-refractivity contribution in [3.63, 3.8) is 0 Å². The summed E-state index contributed by atoms with van der Waals surface area (Å²) in [6.45, 7) is -0.136. The molecule has 2 N–H and O–H groups in total. The highest BCUT2D eigenvalue weighted by Crippen LogP contribution is 2.23. The number of nitrogens with zero attached hydrogens (tertiary/aromatic N) is 2. The maximum Gasteiger partial charge on any atom is 0.326 e. The molecule has 1 amide bonds. The minimum absolute atomic E-state index is 0.0680. The summed E-state index contributed by atoms with van der Waals surface area (Å²) in [5, 5.41) is 18.2. The molecule has 0 aromatic carbocycles. The van der Waals surface area contributed by atoms with Crippen LogP contribution < -0.4 is 0 Å². The lowest BCUT2D eigenvalue weighted by Gasteiger charge is -2.21. The molecule has 6 nitrogen and oxygen atoms in total. The number of hydrogen-bond donors (Lipinski definition) is 2. The van der Waals surface area contributed by atoms with Crippen LogP contribution in [-0.2, 0) is 4.79 Å². The third kappa shape index (κ3) is 2.66. The molecule has 2 atom stereocenters. The molecule has 1 saturated heterocycles. The average Bonchev–Trinajstić information content (AvgIpc) is 2.74. The van der Waals surface area contributed by atoms with Crippen molar-refractivity contribution in [3.05, 3.63) is 28.8 Å². The average molecular weight is 289 g/mol. The van der Waals surface area contributed by atoms with Gasteiger partial charge in [-0.15, -0.1) is 0 Å². The summed E-state index contributed by atoms with van der Waals surface area (Å²) in [7, 11) is 0. The van der Waals surface area contributed by atoms with Crippen LogP contribution >= 0.6 is 11.6 Å². The van der Waals surface area contributed by atoms with Gasteiger partial charge in [0.1, 0.15) is 17.0 Å². The van der Waals surface area contributed by atoms with Crippen molar-refractivity contribution in [2.75, 3.05) is 6.54 Å². The highest BCUT2D eigenvalue weighted by Gasteiger charge is 2.39. The molecule has 1 aliphatic rings. The van der Waals surface area contributed by atoms with Crippen molar-refractivity contribution < 1.29 is 24.2 Å². The van der Waals surface area contributed by atoms with E-state index in [4.69, 9.17) is 16.7 Å². The van der Waals surface area contributed by atoms with Crippen LogP contribution in [-0.4, -0.2) is 50.7 Å². The normalized spacial score (nSPS) is 22.6. The number of aliphatic hydroxyl groups is 1. The highest BCUT2D eigenvalue weighted by molar-refractivity contribution is 6.32. The number of amides is 1. The second kappa shape index (κ2) is 5.10. The SMILES string of the molecule is O=C(O)[C@H]1C[C@@H](O)CN1C(=O)c1cc(F)cnc1Cl. The first-order valence-electron chi connectivity index (χ1n) is 5.43. The third-order valence-corrected chi connectivity index (χ3v) is 3.16. The van der Waals surface area contributed by atoms with Gasteiger partial charge in [0.05, 0.1) is 17.9 Å². The van der Waals surface area contributed by atoms with Gasteiger partial charge in [-0.25, -0.2) is 14.2 Å². The molecule has 1 aromatic rings. The van der Waals surface area contributed by atoms with Gasteiger partial charge in [-0.05, 0) is 6.07 Å². The van der Waals surface area contributed by atoms with Crippen molar-refractivity contribution in [1.82, 2.24) is 9.88 Å². The summed E-state index contributed by atoms with van der Waals surface area (Å²) in [4.78, 5) is 27.6. The summed E-state index contributed by atoms with van der Waals surface area (Å²) < 4.78 is 13.1. The maximum atomic E-state index is 13.1. The predicted molar refractivity (Wildman–Crippen MR) is 62.3 cm³/mol. The minimum Gasteiger partial charge on any atom is -0.480 e. The second-order valence-corrected chi connectivity index (χ2v) is 4.55. The Morgan fingerprint density at radius 2 is 2.21 bits per heavy atom. The van der Waals surface area contributed by atoms with Gasteiger partial charge >= 0.3 is 5.97 Å². The number of likely N-dealkylation sites (tertiary alicyclic amines) is 1. The largest absolute Gasteiger partial charge is 0.480 e. The van der Waals surface area contributed by atoms with E-state index in [1.807, 2.05) is 0 Å². The molecule has 0 aliphatic carbocycles. The molecule has 0 bridgehead atoms. The van der Waals surface area contributed by atoms with Crippen molar-refractivity contribution in [2.45, 2.75) is 18.6 Å². The standard InChI is InChI=1S/C11H10ClFN2O4/c12-9-7(1-5(13)3-14-9)10(17)15-4-6(16)2-8(15)11(18)19/h1,3,6,8,16H,2,4H2,(H,18,19)/t6-,8-/m1/s1. The Morgan fingerprint density at radius 1 is 1.53 bits per heavy atom. The number of carboxylic acids is 1. The molecule has 1 aromatic heterocycles. The van der Waals surface area contributed by atoms with Crippen molar-refractivity contribution >= 4 is 23.5 Å². The quantitative estimate of drug-likeness (QED) is 0.775. The Morgan fingerprint density at radius 3 is 2.84 bits per heavy atom. The molecule has 19 heavy (non-hydrogen) atoms. The molecule has 0 saturated carbocycles. The lowest BCUT2D eigenvalue weighted by Crippen LogP contribution is -2.40. The summed E-state index contributed by atoms with van der Waals surface area (Å²) in [6, 6.07) is -0.261. The molecule has 2 rings (SSSR count). The number of halogens is 2. The van der Waals surface area contributed by atoms with Gasteiger partial charge in [-0.1, -0.05) is 11.6 Å². The van der Waals surface area contributed by atoms with Crippen molar-refractivity contribution in [2.24, 2.45) is 0 Å². The van der Waals surface area contributed by atoms with Crippen molar-refractivity contribution in [3.8, 4) is 0 Å². The Kier molecular flexibility index (Phi) is 3.68. The van der Waals surface area contributed by atoms with Crippen LogP contribution in [0, 0.1) is 5.82 Å². The number of hydrogen-bond acceptors (Lipinski definition) is 4. The van der Waals surface area contributed by atoms with Gasteiger partial charge < -0.3 is 15.1 Å². The fraction of sp³-hybridized carbons (Fsp3) is 0.364. The molecule has 102 valence electrons. The highest BCUT2D eigenvalue weighted by atomic mass is 35.5. The van der Waals surface area contributed by atoms with E-state index < -0.39 is 29.8 Å². The van der Waals surface area contributed by atoms with Crippen LogP contribution in [0.2, 0.25) is 5.15 Å². The van der Waals surface area contributed by atoms with Crippen LogP contribution in [0.25, 0.3) is 0 Å². The lowest BCUT2D eigenvalue weighted by atomic mass is 10.2. The molecular formula is C11H10ClFN2O4. The van der Waals surface area contributed by atoms with Crippen LogP contribution in [0.1, 0.15) is 16.8 Å². The predicted octanol–water partition coefficient (Wildman–Crippen LogP) is 0.534. The molecule has 2 heterocycles. The maximum absolute atomic E-state index is 13.1. The Labute approximate surface area is 112 Å². The van der Waals surface area contributed by atoms with Gasteiger partial charge in [0.25, 0.3) is 5.91 Å². The number of carbonyl (C=O) groups excluding carboxylic acids is 1. The molecule has 0 radical (unpaired) electrons. The second-order valence-electron chi connectivity index (χ2n) is 4.19. The molecule has 8 heteroatoms. The van der Waals surface area contributed by atoms with E-state index in [9.17, 15) is 19.1 Å². The Hall–Kier alpha value is -1.73. The zero-order chi connectivity index (χ0) is 14.2. The van der Waals surface area contributed by atoms with Gasteiger partial charge in [-0.3, -0.25) is 4.79 Å². The molecule has 0 unspecified atom stereocenters. The van der Waals surface area contributed by atoms with Gasteiger partial charge in [0.2, 0.25) is 0 Å². The third-order valence-electron chi connectivity index (χ3n) is 2.86. The van der Waals surface area contributed by atoms with Gasteiger partial charge in [0, 0.05) is 13.0 Å². The molecule has 1 aliphatic heterocycles. The summed E-state index contributed by atoms with van der Waals surface area (Å²) in [5.41, 5.74) is -0.220. The van der Waals surface area contributed by atoms with Crippen LogP contribution in [0.3, 0.4) is 0 Å². The number of aliphatic carboxylic acids is 1. The monoisotopic (exact) mass is 288 g/mol. The first kappa shape index (κ1) is 13.7. The fourth-order valence-electron chi connectivity index (χ4n) is 2.00. The lowest BCUT2D eigenvalue weighted by molar-refractivity contribution is -0.141. The molecule has 0 spiro atoms. The molecular weight excluding hydrogens is 279 g/mol. The Balaban J connectivity index is 2.33. The zero-order valence-electron chi connectivity index (χ0n) is 9.58. The van der Waals surface area contributed by atoms with E-state index in [0.29, 0.717) is 0 Å². The minimum atomic E-state index is -1.23. The summed E-state index contributed by atoms with van der Waals surface area (Å²) in [6.07, 6.45) is -0.140. The summed E-state index contributed by atoms with van der Waals surface area (Å²) >= 11 is 5.70. The number of carboxylic acid groups (broad SMARTS) is 1. The first-order valence-corrected chi connectivity index (χ1v) is 5.81. The number of pyridine rings is 1. The number of aliphatic hydroxyl groups excluding tert-OH is 1. The van der Waals surface area contributed by atoms with Crippen LogP contribution in [0.4, 0.5) is 4.39 Å². The number of rotatable bonds is 2. The van der Waals surface area contributed by atoms with Crippen LogP contribution in [0.15, 0.2) is 12.3 Å². The first-order chi connectivity index (χ1) is 8.90. The van der Waals surface area contributed by atoms with E-state index in [1.165, 1.54) is 0 Å². The fourth-order valence-corrected chi connectivity index (χ4v) is 2.18. The van der Waals surface area contributed by atoms with Gasteiger partial charge in [0.15, 0.2) is 0 Å². The van der Waals surface area contributed by atoms with E-state index >= 15 is 0 Å². The van der Waals surface area contributed by atoms with E-state index in [2.05, 4.69) is 4.98 Å². The van der Waals surface area contributed by atoms with E-state index in [1.54, 1.807) is 0 Å².